The summed E-state index contributed by atoms with van der Waals surface area (Å²) < 4.78 is 14.3. The standard InChI is InChI=1S/C53H43BO2/c1-51(2,3)34-25-47-50-48(26-34)56-46-30-42-38(27-43(46)54(50)44-29-41-39(28-45(44)55-47)36-20-12-13-22-40(36)52(41,4)5)37-24-23-31-15-14-21-35(31)49(37)53(42,32-16-8-6-9-17-32)33-18-10-7-11-19-33/h6-13,16-20,22-30H,14-15,21H2,1-5H3. The van der Waals surface area contributed by atoms with E-state index in [4.69, 9.17) is 9.47 Å². The van der Waals surface area contributed by atoms with Crippen LogP contribution in [-0.4, -0.2) is 6.71 Å². The summed E-state index contributed by atoms with van der Waals surface area (Å²) in [5.41, 5.74) is 20.4. The molecule has 56 heavy (non-hydrogen) atoms. The molecule has 0 atom stereocenters. The molecule has 7 aromatic rings. The molecule has 0 spiro atoms. The molecule has 12 rings (SSSR count). The van der Waals surface area contributed by atoms with Crippen LogP contribution in [-0.2, 0) is 29.1 Å². The number of ether oxygens (including phenoxy) is 2. The lowest BCUT2D eigenvalue weighted by Crippen LogP contribution is -2.57. The maximum atomic E-state index is 7.26. The summed E-state index contributed by atoms with van der Waals surface area (Å²) >= 11 is 0. The smallest absolute Gasteiger partial charge is 0.260 e. The van der Waals surface area contributed by atoms with Gasteiger partial charge in [-0.15, -0.1) is 0 Å². The Labute approximate surface area is 330 Å². The van der Waals surface area contributed by atoms with Gasteiger partial charge >= 0.3 is 0 Å². The van der Waals surface area contributed by atoms with Gasteiger partial charge in [-0.1, -0.05) is 144 Å². The first kappa shape index (κ1) is 32.4. The van der Waals surface area contributed by atoms with Gasteiger partial charge in [-0.2, -0.15) is 0 Å². The Bertz CT molecular complexity index is 2800. The highest BCUT2D eigenvalue weighted by Gasteiger charge is 2.51. The molecule has 3 heteroatoms. The third kappa shape index (κ3) is 4.08. The molecule has 5 aliphatic rings. The second-order valence-corrected chi connectivity index (χ2v) is 18.3. The summed E-state index contributed by atoms with van der Waals surface area (Å²) in [6.45, 7) is 11.5. The Kier molecular flexibility index (Phi) is 6.34. The van der Waals surface area contributed by atoms with Gasteiger partial charge in [0.2, 0.25) is 0 Å². The molecule has 0 unspecified atom stereocenters. The SMILES string of the molecule is CC(C)(C)c1cc2c3c(c1)Oc1cc4c(cc1B3c1cc3c(cc1O2)C(c1ccccc1)(c1ccccc1)c1c-3ccc2c1CCC2)C(C)(C)c1ccccc1-4. The second-order valence-electron chi connectivity index (χ2n) is 18.3. The molecular weight excluding hydrogens is 679 g/mol. The maximum absolute atomic E-state index is 7.26. The average molecular weight is 723 g/mol. The second kappa shape index (κ2) is 10.9. The fraction of sp³-hybridized carbons (Fsp3) is 0.208. The zero-order valence-corrected chi connectivity index (χ0v) is 32.7. The van der Waals surface area contributed by atoms with Crippen LogP contribution in [0.3, 0.4) is 0 Å². The highest BCUT2D eigenvalue weighted by atomic mass is 16.5. The van der Waals surface area contributed by atoms with Crippen molar-refractivity contribution in [2.45, 2.75) is 70.1 Å². The minimum absolute atomic E-state index is 0.0436. The van der Waals surface area contributed by atoms with E-state index in [1.165, 1.54) is 89.7 Å². The topological polar surface area (TPSA) is 18.5 Å². The lowest BCUT2D eigenvalue weighted by molar-refractivity contribution is 0.458. The normalized spacial score (nSPS) is 16.6. The fourth-order valence-corrected chi connectivity index (χ4v) is 11.3. The van der Waals surface area contributed by atoms with Crippen molar-refractivity contribution in [2.75, 3.05) is 0 Å². The minimum Gasteiger partial charge on any atom is -0.458 e. The first-order valence-corrected chi connectivity index (χ1v) is 20.4. The van der Waals surface area contributed by atoms with Gasteiger partial charge in [-0.05, 0) is 132 Å². The number of aryl methyl sites for hydroxylation is 1. The Balaban J connectivity index is 1.17. The van der Waals surface area contributed by atoms with Gasteiger partial charge in [-0.3, -0.25) is 0 Å². The average Bonchev–Trinajstić information content (AvgIpc) is 3.86. The van der Waals surface area contributed by atoms with Crippen molar-refractivity contribution in [2.24, 2.45) is 0 Å². The minimum atomic E-state index is -0.482. The number of hydrogen-bond donors (Lipinski definition) is 0. The Morgan fingerprint density at radius 1 is 0.536 bits per heavy atom. The van der Waals surface area contributed by atoms with E-state index in [9.17, 15) is 0 Å². The predicted octanol–water partition coefficient (Wildman–Crippen LogP) is 10.9. The van der Waals surface area contributed by atoms with Crippen molar-refractivity contribution in [1.29, 1.82) is 0 Å². The van der Waals surface area contributed by atoms with Gasteiger partial charge in [0.1, 0.15) is 23.0 Å². The van der Waals surface area contributed by atoms with E-state index in [2.05, 4.69) is 168 Å². The van der Waals surface area contributed by atoms with Gasteiger partial charge in [0.15, 0.2) is 0 Å². The van der Waals surface area contributed by atoms with E-state index < -0.39 is 5.41 Å². The Hall–Kier alpha value is -5.80. The molecule has 0 fully saturated rings. The molecule has 7 aromatic carbocycles. The van der Waals surface area contributed by atoms with Gasteiger partial charge in [0.05, 0.1) is 5.41 Å². The number of hydrogen-bond acceptors (Lipinski definition) is 2. The van der Waals surface area contributed by atoms with Crippen molar-refractivity contribution in [1.82, 2.24) is 0 Å². The zero-order valence-electron chi connectivity index (χ0n) is 32.7. The summed E-state index contributed by atoms with van der Waals surface area (Å²) in [7, 11) is 0. The lowest BCUT2D eigenvalue weighted by atomic mass is 9.34. The molecule has 2 aliphatic heterocycles. The monoisotopic (exact) mass is 722 g/mol. The largest absolute Gasteiger partial charge is 0.458 e. The molecule has 0 amide bonds. The van der Waals surface area contributed by atoms with Crippen LogP contribution in [0.1, 0.15) is 91.1 Å². The number of fused-ring (bicyclic) bond motifs is 12. The van der Waals surface area contributed by atoms with Crippen LogP contribution in [0.2, 0.25) is 0 Å². The molecule has 2 nitrogen and oxygen atoms in total. The van der Waals surface area contributed by atoms with Crippen LogP contribution in [0.4, 0.5) is 0 Å². The number of benzene rings is 7. The Morgan fingerprint density at radius 3 is 1.86 bits per heavy atom. The summed E-state index contributed by atoms with van der Waals surface area (Å²) in [5, 5.41) is 0. The van der Waals surface area contributed by atoms with E-state index in [-0.39, 0.29) is 17.5 Å². The Morgan fingerprint density at radius 2 is 1.16 bits per heavy atom. The van der Waals surface area contributed by atoms with Gasteiger partial charge in [0.25, 0.3) is 6.71 Å². The van der Waals surface area contributed by atoms with Crippen LogP contribution < -0.4 is 25.9 Å². The first-order valence-electron chi connectivity index (χ1n) is 20.4. The molecule has 0 N–H and O–H groups in total. The highest BCUT2D eigenvalue weighted by Crippen LogP contribution is 2.59. The molecule has 0 saturated carbocycles. The summed E-state index contributed by atoms with van der Waals surface area (Å²) in [4.78, 5) is 0. The summed E-state index contributed by atoms with van der Waals surface area (Å²) in [6, 6.07) is 50.5. The van der Waals surface area contributed by atoms with Crippen molar-refractivity contribution >= 4 is 23.1 Å². The van der Waals surface area contributed by atoms with E-state index in [0.717, 1.165) is 41.3 Å². The van der Waals surface area contributed by atoms with Crippen LogP contribution in [0, 0.1) is 0 Å². The molecule has 3 aliphatic carbocycles. The summed E-state index contributed by atoms with van der Waals surface area (Å²) in [6.07, 6.45) is 3.43. The quantitative estimate of drug-likeness (QED) is 0.165. The van der Waals surface area contributed by atoms with E-state index in [0.29, 0.717) is 0 Å². The predicted molar refractivity (Wildman–Crippen MR) is 230 cm³/mol. The fourth-order valence-electron chi connectivity index (χ4n) is 11.3. The molecule has 0 saturated heterocycles. The maximum Gasteiger partial charge on any atom is 0.260 e. The molecule has 270 valence electrons. The highest BCUT2D eigenvalue weighted by molar-refractivity contribution is 6.98. The molecular formula is C53H43BO2. The van der Waals surface area contributed by atoms with Crippen LogP contribution in [0.25, 0.3) is 22.3 Å². The van der Waals surface area contributed by atoms with Crippen molar-refractivity contribution in [3.63, 3.8) is 0 Å². The van der Waals surface area contributed by atoms with E-state index in [1.54, 1.807) is 0 Å². The lowest BCUT2D eigenvalue weighted by Gasteiger charge is -2.37. The summed E-state index contributed by atoms with van der Waals surface area (Å²) in [5.74, 6) is 3.69. The van der Waals surface area contributed by atoms with Crippen LogP contribution in [0.15, 0.2) is 133 Å². The van der Waals surface area contributed by atoms with Gasteiger partial charge in [0, 0.05) is 10.9 Å². The van der Waals surface area contributed by atoms with Crippen molar-refractivity contribution in [3.05, 3.63) is 184 Å². The molecule has 2 heterocycles. The first-order chi connectivity index (χ1) is 27.1. The third-order valence-corrected chi connectivity index (χ3v) is 14.0. The van der Waals surface area contributed by atoms with Gasteiger partial charge in [-0.25, -0.2) is 0 Å². The zero-order chi connectivity index (χ0) is 37.7. The van der Waals surface area contributed by atoms with Crippen LogP contribution in [0.5, 0.6) is 23.0 Å². The molecule has 0 bridgehead atoms. The third-order valence-electron chi connectivity index (χ3n) is 14.0. The molecule has 0 radical (unpaired) electrons. The van der Waals surface area contributed by atoms with E-state index >= 15 is 0 Å². The molecule has 0 aromatic heterocycles. The number of rotatable bonds is 2. The van der Waals surface area contributed by atoms with E-state index in [1.807, 2.05) is 0 Å². The van der Waals surface area contributed by atoms with Gasteiger partial charge < -0.3 is 9.47 Å². The van der Waals surface area contributed by atoms with Crippen LogP contribution >= 0.6 is 0 Å². The van der Waals surface area contributed by atoms with Crippen molar-refractivity contribution < 1.29 is 9.47 Å². The van der Waals surface area contributed by atoms with Crippen molar-refractivity contribution in [3.8, 4) is 45.3 Å².